The Hall–Kier alpha value is -3.98. The summed E-state index contributed by atoms with van der Waals surface area (Å²) in [5.74, 6) is -0.159. The van der Waals surface area contributed by atoms with Crippen molar-refractivity contribution in [3.05, 3.63) is 77.1 Å². The molecule has 0 spiro atoms. The molecular formula is C26H26N6O2S. The fraction of sp³-hybridized carbons (Fsp3) is 0.231. The molecule has 8 nitrogen and oxygen atoms in total. The minimum Gasteiger partial charge on any atom is -0.383 e. The van der Waals surface area contributed by atoms with Crippen LogP contribution in [0.1, 0.15) is 32.0 Å². The maximum absolute atomic E-state index is 13.0. The molecule has 1 aromatic carbocycles. The average molecular weight is 487 g/mol. The largest absolute Gasteiger partial charge is 0.383 e. The van der Waals surface area contributed by atoms with Gasteiger partial charge in [-0.25, -0.2) is 4.98 Å². The maximum Gasteiger partial charge on any atom is 0.255 e. The molecule has 1 saturated heterocycles. The number of aryl methyl sites for hydroxylation is 2. The first-order valence-corrected chi connectivity index (χ1v) is 12.2. The van der Waals surface area contributed by atoms with Crippen molar-refractivity contribution in [2.45, 2.75) is 19.4 Å². The molecule has 1 atom stereocenters. The van der Waals surface area contributed by atoms with Crippen LogP contribution >= 0.6 is 11.3 Å². The Balaban J connectivity index is 1.23. The second-order valence-corrected chi connectivity index (χ2v) is 10.0. The van der Waals surface area contributed by atoms with E-state index < -0.39 is 0 Å². The first-order valence-electron chi connectivity index (χ1n) is 11.4. The zero-order valence-corrected chi connectivity index (χ0v) is 20.4. The Morgan fingerprint density at radius 1 is 1.09 bits per heavy atom. The lowest BCUT2D eigenvalue weighted by Gasteiger charge is -2.18. The number of aromatic nitrogens is 3. The van der Waals surface area contributed by atoms with Crippen molar-refractivity contribution in [2.24, 2.45) is 7.05 Å². The topological polar surface area (TPSA) is 106 Å². The summed E-state index contributed by atoms with van der Waals surface area (Å²) in [6.07, 6.45) is 5.87. The third-order valence-electron chi connectivity index (χ3n) is 6.17. The maximum atomic E-state index is 13.0. The van der Waals surface area contributed by atoms with Gasteiger partial charge in [-0.2, -0.15) is 5.10 Å². The average Bonchev–Trinajstić information content (AvgIpc) is 3.60. The van der Waals surface area contributed by atoms with Crippen molar-refractivity contribution in [1.82, 2.24) is 25.0 Å². The Morgan fingerprint density at radius 2 is 1.89 bits per heavy atom. The number of carbonyl (C=O) groups is 2. The molecule has 9 heteroatoms. The quantitative estimate of drug-likeness (QED) is 0.447. The summed E-state index contributed by atoms with van der Waals surface area (Å²) in [5, 5.41) is 7.18. The van der Waals surface area contributed by atoms with Crippen LogP contribution in [0.15, 0.2) is 61.1 Å². The highest BCUT2D eigenvalue weighted by Gasteiger charge is 2.29. The molecule has 0 unspecified atom stereocenters. The van der Waals surface area contributed by atoms with Crippen LogP contribution in [0.5, 0.6) is 0 Å². The van der Waals surface area contributed by atoms with Gasteiger partial charge in [-0.15, -0.1) is 11.3 Å². The predicted octanol–water partition coefficient (Wildman–Crippen LogP) is 3.75. The van der Waals surface area contributed by atoms with Crippen LogP contribution in [0.25, 0.3) is 21.6 Å². The van der Waals surface area contributed by atoms with E-state index in [9.17, 15) is 9.59 Å². The molecule has 4 aromatic rings. The highest BCUT2D eigenvalue weighted by Crippen LogP contribution is 2.28. The molecular weight excluding hydrogens is 460 g/mol. The first kappa shape index (κ1) is 22.8. The van der Waals surface area contributed by atoms with Crippen molar-refractivity contribution < 1.29 is 9.59 Å². The second-order valence-electron chi connectivity index (χ2n) is 8.76. The number of carbonyl (C=O) groups excluding carboxylic acids is 2. The predicted molar refractivity (Wildman–Crippen MR) is 137 cm³/mol. The van der Waals surface area contributed by atoms with Crippen molar-refractivity contribution >= 4 is 29.0 Å². The van der Waals surface area contributed by atoms with Crippen molar-refractivity contribution in [3.63, 3.8) is 0 Å². The van der Waals surface area contributed by atoms with Crippen LogP contribution in [-0.4, -0.2) is 50.6 Å². The van der Waals surface area contributed by atoms with Crippen molar-refractivity contribution in [3.8, 4) is 21.6 Å². The number of pyridine rings is 1. The fourth-order valence-corrected chi connectivity index (χ4v) is 5.13. The summed E-state index contributed by atoms with van der Waals surface area (Å²) >= 11 is 1.73. The standard InChI is InChI=1S/C26H26N6O2S/c1-16-3-8-23(35-16)17-4-6-18(7-5-17)26(34)32-10-9-21(15-32)30-25(33)22-11-19(12-28-24(22)27)20-13-29-31(2)14-20/h3-8,11-14,21H,9-10,15H2,1-2H3,(H2,27,28)(H,30,33)/t21-/m1/s1. The third-order valence-corrected chi connectivity index (χ3v) is 7.22. The number of nitrogens with two attached hydrogens (primary N) is 1. The van der Waals surface area contributed by atoms with E-state index in [1.54, 1.807) is 39.4 Å². The highest BCUT2D eigenvalue weighted by molar-refractivity contribution is 7.15. The minimum atomic E-state index is -0.296. The third kappa shape index (κ3) is 4.81. The van der Waals surface area contributed by atoms with Gasteiger partial charge in [0.05, 0.1) is 11.8 Å². The summed E-state index contributed by atoms with van der Waals surface area (Å²) in [7, 11) is 1.83. The van der Waals surface area contributed by atoms with Crippen LogP contribution in [0, 0.1) is 6.92 Å². The number of amides is 2. The lowest BCUT2D eigenvalue weighted by Crippen LogP contribution is -2.38. The van der Waals surface area contributed by atoms with Crippen molar-refractivity contribution in [2.75, 3.05) is 18.8 Å². The monoisotopic (exact) mass is 486 g/mol. The molecule has 1 aliphatic rings. The summed E-state index contributed by atoms with van der Waals surface area (Å²) in [6, 6.07) is 13.5. The Labute approximate surface area is 207 Å². The fourth-order valence-electron chi connectivity index (χ4n) is 4.26. The molecule has 0 radical (unpaired) electrons. The lowest BCUT2D eigenvalue weighted by molar-refractivity contribution is 0.0783. The van der Waals surface area contributed by atoms with E-state index in [-0.39, 0.29) is 23.7 Å². The number of likely N-dealkylation sites (tertiary alicyclic amines) is 1. The molecule has 1 fully saturated rings. The van der Waals surface area contributed by atoms with Gasteiger partial charge in [0.1, 0.15) is 5.82 Å². The number of benzene rings is 1. The number of hydrogen-bond donors (Lipinski definition) is 2. The van der Waals surface area contributed by atoms with Gasteiger partial charge in [-0.05, 0) is 49.2 Å². The molecule has 178 valence electrons. The van der Waals surface area contributed by atoms with Gasteiger partial charge in [0.2, 0.25) is 0 Å². The number of nitrogen functional groups attached to an aromatic ring is 1. The van der Waals surface area contributed by atoms with E-state index in [1.807, 2.05) is 37.5 Å². The Bertz CT molecular complexity index is 1390. The van der Waals surface area contributed by atoms with Crippen LogP contribution < -0.4 is 11.1 Å². The van der Waals surface area contributed by atoms with Crippen molar-refractivity contribution in [1.29, 1.82) is 0 Å². The highest BCUT2D eigenvalue weighted by atomic mass is 32.1. The first-order chi connectivity index (χ1) is 16.9. The number of anilines is 1. The van der Waals surface area contributed by atoms with E-state index in [2.05, 4.69) is 34.5 Å². The number of rotatable bonds is 5. The molecule has 35 heavy (non-hydrogen) atoms. The van der Waals surface area contributed by atoms with E-state index in [1.165, 1.54) is 9.75 Å². The second kappa shape index (κ2) is 9.34. The SMILES string of the molecule is Cc1ccc(-c2ccc(C(=O)N3CC[C@@H](NC(=O)c4cc(-c5cnn(C)c5)cnc4N)C3)cc2)s1. The van der Waals surface area contributed by atoms with E-state index in [0.717, 1.165) is 16.7 Å². The van der Waals surface area contributed by atoms with E-state index in [4.69, 9.17) is 5.73 Å². The lowest BCUT2D eigenvalue weighted by atomic mass is 10.1. The smallest absolute Gasteiger partial charge is 0.255 e. The number of hydrogen-bond acceptors (Lipinski definition) is 6. The van der Waals surface area contributed by atoms with Gasteiger partial charge >= 0.3 is 0 Å². The molecule has 2 amide bonds. The minimum absolute atomic E-state index is 0.0320. The van der Waals surface area contributed by atoms with Gasteiger partial charge in [0.15, 0.2) is 0 Å². The summed E-state index contributed by atoms with van der Waals surface area (Å²) in [5.41, 5.74) is 9.68. The molecule has 1 aliphatic heterocycles. The zero-order valence-electron chi connectivity index (χ0n) is 19.6. The molecule has 0 saturated carbocycles. The van der Waals surface area contributed by atoms with E-state index >= 15 is 0 Å². The Kier molecular flexibility index (Phi) is 6.08. The molecule has 0 bridgehead atoms. The molecule has 4 heterocycles. The molecule has 3 aromatic heterocycles. The number of nitrogens with zero attached hydrogens (tertiary/aromatic N) is 4. The van der Waals surface area contributed by atoms with Gasteiger partial charge in [0.25, 0.3) is 11.8 Å². The Morgan fingerprint density at radius 3 is 2.57 bits per heavy atom. The van der Waals surface area contributed by atoms with Gasteiger partial charge < -0.3 is 16.0 Å². The molecule has 3 N–H and O–H groups in total. The molecule has 5 rings (SSSR count). The van der Waals surface area contributed by atoms with Crippen LogP contribution in [0.2, 0.25) is 0 Å². The van der Waals surface area contributed by atoms with Gasteiger partial charge in [0, 0.05) is 65.0 Å². The van der Waals surface area contributed by atoms with Crippen LogP contribution in [0.4, 0.5) is 5.82 Å². The number of thiophene rings is 1. The normalized spacial score (nSPS) is 15.4. The summed E-state index contributed by atoms with van der Waals surface area (Å²) < 4.78 is 1.69. The summed E-state index contributed by atoms with van der Waals surface area (Å²) in [6.45, 7) is 3.11. The van der Waals surface area contributed by atoms with Gasteiger partial charge in [-0.1, -0.05) is 12.1 Å². The van der Waals surface area contributed by atoms with Crippen LogP contribution in [-0.2, 0) is 7.05 Å². The summed E-state index contributed by atoms with van der Waals surface area (Å²) in [4.78, 5) is 34.4. The van der Waals surface area contributed by atoms with Gasteiger partial charge in [-0.3, -0.25) is 14.3 Å². The number of nitrogens with one attached hydrogen (secondary N) is 1. The molecule has 0 aliphatic carbocycles. The zero-order chi connectivity index (χ0) is 24.5. The van der Waals surface area contributed by atoms with Crippen LogP contribution in [0.3, 0.4) is 0 Å². The van der Waals surface area contributed by atoms with E-state index in [0.29, 0.717) is 30.6 Å².